The summed E-state index contributed by atoms with van der Waals surface area (Å²) in [7, 11) is 1.64. The number of rotatable bonds is 7. The Labute approximate surface area is 203 Å². The molecule has 0 saturated heterocycles. The van der Waals surface area contributed by atoms with Gasteiger partial charge in [0.25, 0.3) is 0 Å². The molecule has 0 aliphatic carbocycles. The van der Waals surface area contributed by atoms with E-state index in [0.717, 1.165) is 44.5 Å². The van der Waals surface area contributed by atoms with Crippen LogP contribution in [-0.4, -0.2) is 19.6 Å². The monoisotopic (exact) mass is 475 g/mol. The highest BCUT2D eigenvalue weighted by atomic mass is 35.5. The number of benzene rings is 3. The third-order valence-corrected chi connectivity index (χ3v) is 5.81. The fourth-order valence-corrected chi connectivity index (χ4v) is 4.16. The third-order valence-electron chi connectivity index (χ3n) is 5.58. The lowest BCUT2D eigenvalue weighted by atomic mass is 9.96. The van der Waals surface area contributed by atoms with Crippen LogP contribution < -0.4 is 14.8 Å². The molecule has 0 fully saturated rings. The Morgan fingerprint density at radius 2 is 1.94 bits per heavy atom. The Kier molecular flexibility index (Phi) is 6.94. The lowest BCUT2D eigenvalue weighted by molar-refractivity contribution is -0.111. The quantitative estimate of drug-likeness (QED) is 0.281. The van der Waals surface area contributed by atoms with Gasteiger partial charge in [0, 0.05) is 38.9 Å². The number of nitrogens with one attached hydrogen (secondary N) is 1. The summed E-state index contributed by atoms with van der Waals surface area (Å²) in [5.74, 6) is 1.22. The zero-order valence-electron chi connectivity index (χ0n) is 19.6. The Balaban J connectivity index is 1.79. The molecule has 6 heteroatoms. The van der Waals surface area contributed by atoms with Crippen LogP contribution in [0.5, 0.6) is 11.5 Å². The predicted octanol–water partition coefficient (Wildman–Crippen LogP) is 7.51. The average Bonchev–Trinajstić information content (AvgIpc) is 3.25. The van der Waals surface area contributed by atoms with E-state index >= 15 is 0 Å². The fraction of sp³-hybridized carbons (Fsp3) is 0.179. The van der Waals surface area contributed by atoms with E-state index in [1.54, 1.807) is 43.7 Å². The molecular formula is C28H26ClNO4. The number of anilines is 1. The van der Waals surface area contributed by atoms with Crippen molar-refractivity contribution in [1.29, 1.82) is 0 Å². The Morgan fingerprint density at radius 3 is 2.68 bits per heavy atom. The molecule has 1 heterocycles. The molecule has 1 amide bonds. The maximum atomic E-state index is 12.7. The van der Waals surface area contributed by atoms with E-state index in [9.17, 15) is 4.79 Å². The number of fused-ring (bicyclic) bond motifs is 1. The van der Waals surface area contributed by atoms with Gasteiger partial charge in [-0.3, -0.25) is 4.79 Å². The highest BCUT2D eigenvalue weighted by molar-refractivity contribution is 6.31. The van der Waals surface area contributed by atoms with Crippen LogP contribution in [0.3, 0.4) is 0 Å². The Hall–Kier alpha value is -3.70. The van der Waals surface area contributed by atoms with Gasteiger partial charge in [0.15, 0.2) is 0 Å². The summed E-state index contributed by atoms with van der Waals surface area (Å²) in [6.07, 6.45) is 3.31. The van der Waals surface area contributed by atoms with Crippen molar-refractivity contribution in [3.05, 3.63) is 83.1 Å². The molecular weight excluding hydrogens is 450 g/mol. The van der Waals surface area contributed by atoms with Gasteiger partial charge >= 0.3 is 0 Å². The third kappa shape index (κ3) is 4.80. The van der Waals surface area contributed by atoms with E-state index in [0.29, 0.717) is 23.1 Å². The van der Waals surface area contributed by atoms with Crippen molar-refractivity contribution < 1.29 is 18.7 Å². The number of carbonyl (C=O) groups excluding carboxylic acids is 1. The van der Waals surface area contributed by atoms with Gasteiger partial charge in [-0.2, -0.15) is 0 Å². The van der Waals surface area contributed by atoms with Crippen molar-refractivity contribution in [2.75, 3.05) is 19.0 Å². The van der Waals surface area contributed by atoms with Gasteiger partial charge in [-0.1, -0.05) is 29.8 Å². The van der Waals surface area contributed by atoms with Gasteiger partial charge in [-0.05, 0) is 68.3 Å². The van der Waals surface area contributed by atoms with Crippen molar-refractivity contribution in [3.63, 3.8) is 0 Å². The van der Waals surface area contributed by atoms with Crippen molar-refractivity contribution in [1.82, 2.24) is 0 Å². The minimum atomic E-state index is -0.250. The molecule has 3 aromatic carbocycles. The summed E-state index contributed by atoms with van der Waals surface area (Å²) in [5, 5.41) is 4.35. The second kappa shape index (κ2) is 10.1. The van der Waals surface area contributed by atoms with Gasteiger partial charge in [0.05, 0.1) is 20.0 Å². The summed E-state index contributed by atoms with van der Waals surface area (Å²) >= 11 is 6.03. The van der Waals surface area contributed by atoms with E-state index in [-0.39, 0.29) is 5.91 Å². The van der Waals surface area contributed by atoms with Crippen molar-refractivity contribution in [2.45, 2.75) is 20.8 Å². The van der Waals surface area contributed by atoms with Crippen molar-refractivity contribution in [3.8, 4) is 22.6 Å². The minimum absolute atomic E-state index is 0.250. The van der Waals surface area contributed by atoms with E-state index in [2.05, 4.69) is 5.32 Å². The fourth-order valence-electron chi connectivity index (χ4n) is 3.97. The Morgan fingerprint density at radius 1 is 1.15 bits per heavy atom. The number of hydrogen-bond donors (Lipinski definition) is 1. The number of ether oxygens (including phenoxy) is 2. The molecule has 1 aromatic heterocycles. The summed E-state index contributed by atoms with van der Waals surface area (Å²) in [4.78, 5) is 12.7. The second-order valence-electron chi connectivity index (χ2n) is 7.90. The SMILES string of the molecule is CCOc1c(/C(C)=C/C(=O)Nc2cccc(Cl)c2)cc2c(-c3cccc(OC)c3)coc2c1C. The molecule has 0 radical (unpaired) electrons. The van der Waals surface area contributed by atoms with Crippen LogP contribution in [0.1, 0.15) is 25.0 Å². The standard InChI is InChI=1S/C28H26ClNO4/c1-5-33-27-18(3)28-24(25(16-34-28)19-8-6-11-22(13-19)32-4)15-23(27)17(2)12-26(31)30-21-10-7-9-20(29)14-21/h6-16H,5H2,1-4H3,(H,30,31)/b17-12+. The van der Waals surface area contributed by atoms with E-state index < -0.39 is 0 Å². The smallest absolute Gasteiger partial charge is 0.248 e. The van der Waals surface area contributed by atoms with Crippen LogP contribution in [-0.2, 0) is 4.79 Å². The number of allylic oxidation sites excluding steroid dienone is 1. The molecule has 0 aliphatic heterocycles. The molecule has 0 spiro atoms. The molecule has 5 nitrogen and oxygen atoms in total. The lowest BCUT2D eigenvalue weighted by Gasteiger charge is -2.15. The average molecular weight is 476 g/mol. The molecule has 34 heavy (non-hydrogen) atoms. The first kappa shape index (κ1) is 23.5. The van der Waals surface area contributed by atoms with Crippen LogP contribution >= 0.6 is 11.6 Å². The van der Waals surface area contributed by atoms with E-state index in [4.69, 9.17) is 25.5 Å². The number of aryl methyl sites for hydroxylation is 1. The Bertz CT molecular complexity index is 1390. The minimum Gasteiger partial charge on any atom is -0.497 e. The highest BCUT2D eigenvalue weighted by Crippen LogP contribution is 2.41. The molecule has 174 valence electrons. The van der Waals surface area contributed by atoms with Crippen LogP contribution in [0.2, 0.25) is 5.02 Å². The molecule has 0 aliphatic rings. The van der Waals surface area contributed by atoms with Gasteiger partial charge in [0.2, 0.25) is 5.91 Å². The first-order valence-electron chi connectivity index (χ1n) is 11.0. The number of methoxy groups -OCH3 is 1. The number of carbonyl (C=O) groups is 1. The first-order valence-corrected chi connectivity index (χ1v) is 11.4. The van der Waals surface area contributed by atoms with E-state index in [1.165, 1.54) is 0 Å². The molecule has 4 aromatic rings. The predicted molar refractivity (Wildman–Crippen MR) is 138 cm³/mol. The maximum absolute atomic E-state index is 12.7. The van der Waals surface area contributed by atoms with Crippen molar-refractivity contribution in [2.24, 2.45) is 0 Å². The maximum Gasteiger partial charge on any atom is 0.248 e. The van der Waals surface area contributed by atoms with Crippen LogP contribution in [0.4, 0.5) is 5.69 Å². The lowest BCUT2D eigenvalue weighted by Crippen LogP contribution is -2.09. The number of halogens is 1. The van der Waals surface area contributed by atoms with Gasteiger partial charge in [-0.25, -0.2) is 0 Å². The second-order valence-corrected chi connectivity index (χ2v) is 8.33. The highest BCUT2D eigenvalue weighted by Gasteiger charge is 2.19. The van der Waals surface area contributed by atoms with Gasteiger partial charge in [-0.15, -0.1) is 0 Å². The number of amides is 1. The summed E-state index contributed by atoms with van der Waals surface area (Å²) < 4.78 is 17.4. The number of furan rings is 1. The molecule has 0 bridgehead atoms. The summed E-state index contributed by atoms with van der Waals surface area (Å²) in [6, 6.07) is 16.9. The van der Waals surface area contributed by atoms with Gasteiger partial charge < -0.3 is 19.2 Å². The first-order chi connectivity index (χ1) is 16.4. The number of hydrogen-bond acceptors (Lipinski definition) is 4. The zero-order valence-corrected chi connectivity index (χ0v) is 20.3. The summed E-state index contributed by atoms with van der Waals surface area (Å²) in [6.45, 7) is 6.29. The largest absolute Gasteiger partial charge is 0.497 e. The zero-order chi connectivity index (χ0) is 24.2. The molecule has 0 unspecified atom stereocenters. The van der Waals surface area contributed by atoms with Crippen LogP contribution in [0.15, 0.2) is 71.4 Å². The van der Waals surface area contributed by atoms with E-state index in [1.807, 2.05) is 51.1 Å². The molecule has 0 atom stereocenters. The molecule has 0 saturated carbocycles. The summed E-state index contributed by atoms with van der Waals surface area (Å²) in [5.41, 5.74) is 5.79. The van der Waals surface area contributed by atoms with Crippen LogP contribution in [0.25, 0.3) is 27.7 Å². The normalized spacial score (nSPS) is 11.5. The van der Waals surface area contributed by atoms with Crippen LogP contribution in [0, 0.1) is 6.92 Å². The molecule has 4 rings (SSSR count). The molecule has 1 N–H and O–H groups in total. The topological polar surface area (TPSA) is 60.7 Å². The van der Waals surface area contributed by atoms with Crippen molar-refractivity contribution >= 4 is 39.7 Å². The van der Waals surface area contributed by atoms with Gasteiger partial charge in [0.1, 0.15) is 17.1 Å².